The first-order valence-corrected chi connectivity index (χ1v) is 7.06. The van der Waals surface area contributed by atoms with Crippen molar-refractivity contribution in [1.29, 1.82) is 0 Å². The van der Waals surface area contributed by atoms with E-state index in [9.17, 15) is 14.0 Å². The fourth-order valence-corrected chi connectivity index (χ4v) is 2.58. The van der Waals surface area contributed by atoms with E-state index in [1.165, 1.54) is 18.0 Å². The van der Waals surface area contributed by atoms with Crippen LogP contribution in [0.25, 0.3) is 0 Å². The minimum absolute atomic E-state index is 0.0281. The van der Waals surface area contributed by atoms with Gasteiger partial charge in [0.05, 0.1) is 6.54 Å². The van der Waals surface area contributed by atoms with Gasteiger partial charge in [-0.15, -0.1) is 0 Å². The Morgan fingerprint density at radius 1 is 1.57 bits per heavy atom. The second-order valence-electron chi connectivity index (χ2n) is 5.27. The average Bonchev–Trinajstić information content (AvgIpc) is 2.62. The van der Waals surface area contributed by atoms with Crippen LogP contribution in [0.1, 0.15) is 25.8 Å². The molecule has 0 aromatic heterocycles. The van der Waals surface area contributed by atoms with Crippen molar-refractivity contribution in [3.8, 4) is 0 Å². The van der Waals surface area contributed by atoms with Gasteiger partial charge in [0.1, 0.15) is 11.9 Å². The van der Waals surface area contributed by atoms with Crippen molar-refractivity contribution in [3.63, 3.8) is 0 Å². The summed E-state index contributed by atoms with van der Waals surface area (Å²) in [5.74, 6) is -0.733. The van der Waals surface area contributed by atoms with Crippen LogP contribution in [-0.2, 0) is 11.3 Å². The Balaban J connectivity index is 2.49. The van der Waals surface area contributed by atoms with Gasteiger partial charge in [0.25, 0.3) is 0 Å². The molecule has 1 aromatic carbocycles. The summed E-state index contributed by atoms with van der Waals surface area (Å²) in [4.78, 5) is 26.0. The number of anilines is 1. The molecule has 1 aliphatic rings. The molecule has 0 saturated carbocycles. The van der Waals surface area contributed by atoms with E-state index in [2.05, 4.69) is 10.6 Å². The summed E-state index contributed by atoms with van der Waals surface area (Å²) in [7, 11) is 1.50. The number of amides is 3. The number of halogens is 1. The predicted octanol–water partition coefficient (Wildman–Crippen LogP) is 2.33. The van der Waals surface area contributed by atoms with Gasteiger partial charge >= 0.3 is 6.03 Å². The molecule has 0 fully saturated rings. The summed E-state index contributed by atoms with van der Waals surface area (Å²) in [6.07, 6.45) is 0.740. The molecule has 21 heavy (non-hydrogen) atoms. The molecule has 2 N–H and O–H groups in total. The number of nitrogens with one attached hydrogen (secondary N) is 2. The maximum absolute atomic E-state index is 14.0. The lowest BCUT2D eigenvalue weighted by Gasteiger charge is -2.31. The van der Waals surface area contributed by atoms with Crippen LogP contribution in [-0.4, -0.2) is 29.9 Å². The van der Waals surface area contributed by atoms with Crippen molar-refractivity contribution in [3.05, 3.63) is 29.6 Å². The molecule has 0 saturated heterocycles. The Labute approximate surface area is 123 Å². The lowest BCUT2D eigenvalue weighted by molar-refractivity contribution is -0.121. The van der Waals surface area contributed by atoms with Crippen LogP contribution in [0.5, 0.6) is 0 Å². The van der Waals surface area contributed by atoms with Crippen LogP contribution >= 0.6 is 0 Å². The SMILES string of the molecule is CCC(C)C1C(=O)Nc2cccc(F)c2CN1C(=O)NC. The van der Waals surface area contributed by atoms with Gasteiger partial charge in [0.2, 0.25) is 5.91 Å². The fourth-order valence-electron chi connectivity index (χ4n) is 2.58. The maximum atomic E-state index is 14.0. The van der Waals surface area contributed by atoms with Crippen LogP contribution in [0, 0.1) is 11.7 Å². The molecule has 0 bridgehead atoms. The molecule has 2 unspecified atom stereocenters. The molecule has 1 heterocycles. The zero-order valence-corrected chi connectivity index (χ0v) is 12.4. The monoisotopic (exact) mass is 293 g/mol. The van der Waals surface area contributed by atoms with Gasteiger partial charge in [-0.1, -0.05) is 26.3 Å². The molecule has 0 aliphatic carbocycles. The number of rotatable bonds is 2. The Morgan fingerprint density at radius 2 is 2.29 bits per heavy atom. The predicted molar refractivity (Wildman–Crippen MR) is 78.3 cm³/mol. The molecule has 3 amide bonds. The zero-order valence-electron chi connectivity index (χ0n) is 12.4. The number of hydrogen-bond acceptors (Lipinski definition) is 2. The van der Waals surface area contributed by atoms with Gasteiger partial charge in [0.15, 0.2) is 0 Å². The highest BCUT2D eigenvalue weighted by atomic mass is 19.1. The third-order valence-electron chi connectivity index (χ3n) is 3.97. The van der Waals surface area contributed by atoms with E-state index < -0.39 is 11.9 Å². The largest absolute Gasteiger partial charge is 0.341 e. The minimum atomic E-state index is -0.623. The summed E-state index contributed by atoms with van der Waals surface area (Å²) in [6.45, 7) is 3.93. The summed E-state index contributed by atoms with van der Waals surface area (Å²) >= 11 is 0. The molecular formula is C15H20FN3O2. The van der Waals surface area contributed by atoms with E-state index in [1.54, 1.807) is 12.1 Å². The van der Waals surface area contributed by atoms with E-state index in [1.807, 2.05) is 13.8 Å². The first-order valence-electron chi connectivity index (χ1n) is 7.06. The van der Waals surface area contributed by atoms with Crippen LogP contribution in [0.2, 0.25) is 0 Å². The van der Waals surface area contributed by atoms with E-state index in [0.29, 0.717) is 11.3 Å². The summed E-state index contributed by atoms with van der Waals surface area (Å²) in [6, 6.07) is 3.52. The van der Waals surface area contributed by atoms with E-state index in [4.69, 9.17) is 0 Å². The lowest BCUT2D eigenvalue weighted by Crippen LogP contribution is -2.51. The number of carbonyl (C=O) groups is 2. The number of urea groups is 1. The van der Waals surface area contributed by atoms with Crippen LogP contribution in [0.15, 0.2) is 18.2 Å². The Morgan fingerprint density at radius 3 is 2.90 bits per heavy atom. The topological polar surface area (TPSA) is 61.4 Å². The first kappa shape index (κ1) is 15.3. The van der Waals surface area contributed by atoms with Gasteiger partial charge in [-0.25, -0.2) is 9.18 Å². The Kier molecular flexibility index (Phi) is 4.45. The number of benzene rings is 1. The molecular weight excluding hydrogens is 273 g/mol. The summed E-state index contributed by atoms with van der Waals surface area (Å²) in [5, 5.41) is 5.26. The Hall–Kier alpha value is -2.11. The number of hydrogen-bond donors (Lipinski definition) is 2. The Bertz CT molecular complexity index is 562. The van der Waals surface area contributed by atoms with Gasteiger partial charge in [-0.2, -0.15) is 0 Å². The number of nitrogens with zero attached hydrogens (tertiary/aromatic N) is 1. The molecule has 2 atom stereocenters. The van der Waals surface area contributed by atoms with Crippen molar-refractivity contribution in [2.24, 2.45) is 5.92 Å². The van der Waals surface area contributed by atoms with Crippen molar-refractivity contribution in [2.75, 3.05) is 12.4 Å². The van der Waals surface area contributed by atoms with E-state index in [-0.39, 0.29) is 24.4 Å². The number of fused-ring (bicyclic) bond motifs is 1. The quantitative estimate of drug-likeness (QED) is 0.879. The highest BCUT2D eigenvalue weighted by Crippen LogP contribution is 2.28. The highest BCUT2D eigenvalue weighted by molar-refractivity contribution is 5.98. The third kappa shape index (κ3) is 2.84. The van der Waals surface area contributed by atoms with Crippen molar-refractivity contribution >= 4 is 17.6 Å². The normalized spacial score (nSPS) is 19.3. The van der Waals surface area contributed by atoms with Crippen LogP contribution in [0.3, 0.4) is 0 Å². The maximum Gasteiger partial charge on any atom is 0.318 e. The van der Waals surface area contributed by atoms with E-state index >= 15 is 0 Å². The first-order chi connectivity index (χ1) is 9.99. The molecule has 0 radical (unpaired) electrons. The van der Waals surface area contributed by atoms with Gasteiger partial charge < -0.3 is 15.5 Å². The average molecular weight is 293 g/mol. The molecule has 1 aromatic rings. The second kappa shape index (κ2) is 6.11. The highest BCUT2D eigenvalue weighted by Gasteiger charge is 2.37. The smallest absolute Gasteiger partial charge is 0.318 e. The fraction of sp³-hybridized carbons (Fsp3) is 0.467. The van der Waals surface area contributed by atoms with Crippen LogP contribution < -0.4 is 10.6 Å². The van der Waals surface area contributed by atoms with Crippen molar-refractivity contribution < 1.29 is 14.0 Å². The molecule has 5 nitrogen and oxygen atoms in total. The van der Waals surface area contributed by atoms with Crippen molar-refractivity contribution in [2.45, 2.75) is 32.9 Å². The minimum Gasteiger partial charge on any atom is -0.341 e. The number of carbonyl (C=O) groups excluding carboxylic acids is 2. The lowest BCUT2D eigenvalue weighted by atomic mass is 9.97. The molecule has 114 valence electrons. The molecule has 2 rings (SSSR count). The summed E-state index contributed by atoms with van der Waals surface area (Å²) < 4.78 is 14.0. The van der Waals surface area contributed by atoms with Crippen molar-refractivity contribution in [1.82, 2.24) is 10.2 Å². The molecule has 0 spiro atoms. The molecule has 6 heteroatoms. The van der Waals surface area contributed by atoms with Gasteiger partial charge in [0, 0.05) is 18.3 Å². The van der Waals surface area contributed by atoms with Gasteiger partial charge in [-0.05, 0) is 18.1 Å². The third-order valence-corrected chi connectivity index (χ3v) is 3.97. The standard InChI is InChI=1S/C15H20FN3O2/c1-4-9(2)13-14(20)18-12-7-5-6-11(16)10(12)8-19(13)15(21)17-3/h5-7,9,13H,4,8H2,1-3H3,(H,17,21)(H,18,20). The zero-order chi connectivity index (χ0) is 15.6. The molecule has 1 aliphatic heterocycles. The van der Waals surface area contributed by atoms with Gasteiger partial charge in [-0.3, -0.25) is 4.79 Å². The van der Waals surface area contributed by atoms with E-state index in [0.717, 1.165) is 6.42 Å². The van der Waals surface area contributed by atoms with Crippen LogP contribution in [0.4, 0.5) is 14.9 Å². The summed E-state index contributed by atoms with van der Waals surface area (Å²) in [5.41, 5.74) is 0.764. The second-order valence-corrected chi connectivity index (χ2v) is 5.27.